The number of nitrogens with zero attached hydrogens (tertiary/aromatic N) is 3. The first kappa shape index (κ1) is 16.2. The lowest BCUT2D eigenvalue weighted by atomic mass is 10.2. The summed E-state index contributed by atoms with van der Waals surface area (Å²) in [5, 5.41) is 17.3. The molecule has 2 heterocycles. The van der Waals surface area contributed by atoms with E-state index in [2.05, 4.69) is 20.6 Å². The Morgan fingerprint density at radius 3 is 2.76 bits per heavy atom. The Balaban J connectivity index is 1.83. The van der Waals surface area contributed by atoms with E-state index in [1.54, 1.807) is 42.7 Å². The molecule has 0 radical (unpaired) electrons. The Bertz CT molecular complexity index is 885. The summed E-state index contributed by atoms with van der Waals surface area (Å²) >= 11 is 0. The van der Waals surface area contributed by atoms with E-state index >= 15 is 0 Å². The second-order valence-corrected chi connectivity index (χ2v) is 5.29. The lowest BCUT2D eigenvalue weighted by Gasteiger charge is -2.10. The summed E-state index contributed by atoms with van der Waals surface area (Å²) in [7, 11) is 0. The van der Waals surface area contributed by atoms with Crippen molar-refractivity contribution in [3.63, 3.8) is 0 Å². The summed E-state index contributed by atoms with van der Waals surface area (Å²) in [5.74, 6) is 0.660. The van der Waals surface area contributed by atoms with Gasteiger partial charge in [-0.3, -0.25) is 15.1 Å². The number of nitrogen functional groups attached to an aromatic ring is 1. The molecule has 0 aliphatic rings. The highest BCUT2D eigenvalue weighted by Crippen LogP contribution is 2.28. The summed E-state index contributed by atoms with van der Waals surface area (Å²) < 4.78 is 0. The Morgan fingerprint density at radius 1 is 1.16 bits per heavy atom. The van der Waals surface area contributed by atoms with Gasteiger partial charge in [0.05, 0.1) is 4.92 Å². The Morgan fingerprint density at radius 2 is 2.04 bits per heavy atom. The number of nitrogens with two attached hydrogens (primary N) is 1. The van der Waals surface area contributed by atoms with Crippen LogP contribution in [0.5, 0.6) is 0 Å². The van der Waals surface area contributed by atoms with Crippen molar-refractivity contribution in [2.45, 2.75) is 6.54 Å². The van der Waals surface area contributed by atoms with Crippen molar-refractivity contribution < 1.29 is 4.92 Å². The smallest absolute Gasteiger partial charge is 0.311 e. The average molecular weight is 336 g/mol. The predicted molar refractivity (Wildman–Crippen MR) is 96.6 cm³/mol. The quantitative estimate of drug-likeness (QED) is 0.359. The van der Waals surface area contributed by atoms with Crippen LogP contribution in [0.25, 0.3) is 0 Å². The van der Waals surface area contributed by atoms with Crippen molar-refractivity contribution in [2.75, 3.05) is 16.4 Å². The zero-order chi connectivity index (χ0) is 17.6. The first-order valence-corrected chi connectivity index (χ1v) is 7.52. The van der Waals surface area contributed by atoms with Crippen molar-refractivity contribution in [1.82, 2.24) is 9.97 Å². The molecule has 0 unspecified atom stereocenters. The van der Waals surface area contributed by atoms with E-state index in [1.807, 2.05) is 12.1 Å². The van der Waals surface area contributed by atoms with Gasteiger partial charge in [-0.15, -0.1) is 0 Å². The maximum Gasteiger partial charge on any atom is 0.311 e. The number of nitro groups is 1. The fraction of sp³-hybridized carbons (Fsp3) is 0.0588. The van der Waals surface area contributed by atoms with Crippen molar-refractivity contribution in [2.24, 2.45) is 0 Å². The number of nitrogens with one attached hydrogen (secondary N) is 2. The molecule has 3 rings (SSSR count). The number of rotatable bonds is 6. The summed E-state index contributed by atoms with van der Waals surface area (Å²) in [4.78, 5) is 19.1. The molecule has 8 nitrogen and oxygen atoms in total. The highest BCUT2D eigenvalue weighted by atomic mass is 16.6. The van der Waals surface area contributed by atoms with Crippen LogP contribution in [0.4, 0.5) is 28.7 Å². The van der Waals surface area contributed by atoms with E-state index in [0.29, 0.717) is 23.7 Å². The fourth-order valence-corrected chi connectivity index (χ4v) is 2.24. The molecule has 25 heavy (non-hydrogen) atoms. The van der Waals surface area contributed by atoms with Crippen LogP contribution >= 0.6 is 0 Å². The minimum atomic E-state index is -0.480. The van der Waals surface area contributed by atoms with Crippen molar-refractivity contribution in [1.29, 1.82) is 0 Å². The van der Waals surface area contributed by atoms with Crippen LogP contribution in [-0.2, 0) is 6.54 Å². The van der Waals surface area contributed by atoms with Gasteiger partial charge in [0.15, 0.2) is 0 Å². The molecule has 126 valence electrons. The van der Waals surface area contributed by atoms with Gasteiger partial charge < -0.3 is 16.4 Å². The number of hydrogen-bond donors (Lipinski definition) is 3. The monoisotopic (exact) mass is 336 g/mol. The topological polar surface area (TPSA) is 119 Å². The largest absolute Gasteiger partial charge is 0.399 e. The van der Waals surface area contributed by atoms with Gasteiger partial charge in [0.1, 0.15) is 5.82 Å². The Labute approximate surface area is 143 Å². The molecule has 1 aromatic carbocycles. The molecule has 0 amide bonds. The van der Waals surface area contributed by atoms with E-state index in [1.165, 1.54) is 6.07 Å². The molecule has 8 heteroatoms. The summed E-state index contributed by atoms with van der Waals surface area (Å²) in [6.45, 7) is 0.510. The van der Waals surface area contributed by atoms with Crippen LogP contribution in [0, 0.1) is 10.1 Å². The van der Waals surface area contributed by atoms with E-state index in [9.17, 15) is 10.1 Å². The molecule has 0 bridgehead atoms. The zero-order valence-electron chi connectivity index (χ0n) is 13.2. The van der Waals surface area contributed by atoms with Crippen molar-refractivity contribution in [3.8, 4) is 0 Å². The molecule has 0 aliphatic carbocycles. The molecule has 2 aromatic heterocycles. The summed E-state index contributed by atoms with van der Waals surface area (Å²) in [6.07, 6.45) is 3.44. The first-order chi connectivity index (χ1) is 12.1. The van der Waals surface area contributed by atoms with Gasteiger partial charge in [-0.25, -0.2) is 4.98 Å². The van der Waals surface area contributed by atoms with Crippen molar-refractivity contribution >= 4 is 28.7 Å². The Kier molecular flexibility index (Phi) is 4.70. The molecular formula is C17H16N6O2. The van der Waals surface area contributed by atoms with Crippen LogP contribution in [0.1, 0.15) is 5.56 Å². The normalized spacial score (nSPS) is 10.2. The lowest BCUT2D eigenvalue weighted by molar-refractivity contribution is -0.384. The molecule has 0 saturated carbocycles. The molecule has 3 aromatic rings. The third-order valence-corrected chi connectivity index (χ3v) is 3.42. The van der Waals surface area contributed by atoms with Crippen LogP contribution in [-0.4, -0.2) is 14.9 Å². The van der Waals surface area contributed by atoms with Gasteiger partial charge in [-0.05, 0) is 35.9 Å². The van der Waals surface area contributed by atoms with Crippen LogP contribution in [0.2, 0.25) is 0 Å². The van der Waals surface area contributed by atoms with Gasteiger partial charge in [-0.1, -0.05) is 12.1 Å². The second kappa shape index (κ2) is 7.26. The summed E-state index contributed by atoms with van der Waals surface area (Å²) in [6, 6.07) is 13.7. The van der Waals surface area contributed by atoms with Gasteiger partial charge in [-0.2, -0.15) is 0 Å². The number of anilines is 4. The molecule has 4 N–H and O–H groups in total. The molecule has 0 spiro atoms. The van der Waals surface area contributed by atoms with E-state index in [0.717, 1.165) is 5.56 Å². The number of aromatic nitrogens is 2. The van der Waals surface area contributed by atoms with E-state index in [4.69, 9.17) is 5.73 Å². The first-order valence-electron chi connectivity index (χ1n) is 7.52. The number of benzene rings is 1. The minimum Gasteiger partial charge on any atom is -0.399 e. The lowest BCUT2D eigenvalue weighted by Crippen LogP contribution is -2.05. The highest BCUT2D eigenvalue weighted by molar-refractivity contribution is 5.69. The van der Waals surface area contributed by atoms with Crippen LogP contribution in [0.15, 0.2) is 60.9 Å². The molecular weight excluding hydrogens is 320 g/mol. The maximum atomic E-state index is 11.2. The third kappa shape index (κ3) is 4.20. The third-order valence-electron chi connectivity index (χ3n) is 3.42. The van der Waals surface area contributed by atoms with Gasteiger partial charge in [0.2, 0.25) is 5.82 Å². The SMILES string of the molecule is Nc1cccc(Nc2nc(NCc3cccnc3)ccc2[N+](=O)[O-])c1. The zero-order valence-corrected chi connectivity index (χ0v) is 13.2. The van der Waals surface area contributed by atoms with Gasteiger partial charge in [0.25, 0.3) is 0 Å². The Hall–Kier alpha value is -3.68. The second-order valence-electron chi connectivity index (χ2n) is 5.29. The van der Waals surface area contributed by atoms with E-state index < -0.39 is 4.92 Å². The minimum absolute atomic E-state index is 0.116. The number of pyridine rings is 2. The standard InChI is InChI=1S/C17H16N6O2/c18-13-4-1-5-14(9-13)21-17-15(23(24)25)6-7-16(22-17)20-11-12-3-2-8-19-10-12/h1-10H,11,18H2,(H2,20,21,22). The predicted octanol–water partition coefficient (Wildman–Crippen LogP) is 3.32. The molecule has 0 saturated heterocycles. The molecule has 0 aliphatic heterocycles. The maximum absolute atomic E-state index is 11.2. The van der Waals surface area contributed by atoms with Crippen LogP contribution in [0.3, 0.4) is 0 Å². The van der Waals surface area contributed by atoms with Gasteiger partial charge >= 0.3 is 5.69 Å². The van der Waals surface area contributed by atoms with Gasteiger partial charge in [0, 0.05) is 36.4 Å². The number of hydrogen-bond acceptors (Lipinski definition) is 7. The fourth-order valence-electron chi connectivity index (χ4n) is 2.24. The summed E-state index contributed by atoms with van der Waals surface area (Å²) in [5.41, 5.74) is 7.78. The molecule has 0 atom stereocenters. The molecule has 0 fully saturated rings. The highest BCUT2D eigenvalue weighted by Gasteiger charge is 2.16. The van der Waals surface area contributed by atoms with E-state index in [-0.39, 0.29) is 11.5 Å². The average Bonchev–Trinajstić information content (AvgIpc) is 2.61. The van der Waals surface area contributed by atoms with Crippen molar-refractivity contribution in [3.05, 3.63) is 76.6 Å². The van der Waals surface area contributed by atoms with Crippen LogP contribution < -0.4 is 16.4 Å².